The van der Waals surface area contributed by atoms with Gasteiger partial charge < -0.3 is 9.84 Å². The number of fused-ring (bicyclic) bond motifs is 1. The van der Waals surface area contributed by atoms with Crippen molar-refractivity contribution in [1.29, 1.82) is 0 Å². The van der Waals surface area contributed by atoms with Crippen LogP contribution in [0.1, 0.15) is 31.4 Å². The molecule has 0 saturated carbocycles. The Morgan fingerprint density at radius 2 is 2.07 bits per heavy atom. The third kappa shape index (κ3) is 3.11. The van der Waals surface area contributed by atoms with Crippen molar-refractivity contribution in [2.24, 2.45) is 0 Å². The predicted molar refractivity (Wildman–Crippen MR) is 62.5 cm³/mol. The number of benzene rings is 1. The van der Waals surface area contributed by atoms with Gasteiger partial charge >= 0.3 is 0 Å². The van der Waals surface area contributed by atoms with Crippen molar-refractivity contribution in [2.75, 3.05) is 6.61 Å². The summed E-state index contributed by atoms with van der Waals surface area (Å²) in [6, 6.07) is 3.68. The Bertz CT molecular complexity index is 324. The zero-order chi connectivity index (χ0) is 11.3. The Labute approximate surface area is 95.8 Å². The maximum Gasteiger partial charge on any atom is 0.141 e. The number of rotatable bonds is 1. The van der Waals surface area contributed by atoms with Crippen LogP contribution in [-0.4, -0.2) is 11.7 Å². The Morgan fingerprint density at radius 3 is 2.67 bits per heavy atom. The summed E-state index contributed by atoms with van der Waals surface area (Å²) in [5.74, 6) is 0.786. The molecule has 0 amide bonds. The molecular weight excluding hydrogens is 212 g/mol. The Kier molecular flexibility index (Phi) is 4.92. The summed E-state index contributed by atoms with van der Waals surface area (Å²) < 4.78 is 5.32. The molecule has 0 aliphatic carbocycles. The molecule has 0 saturated heterocycles. The molecule has 0 unspecified atom stereocenters. The molecule has 2 nitrogen and oxygen atoms in total. The molecule has 2 rings (SSSR count). The lowest BCUT2D eigenvalue weighted by Crippen LogP contribution is -1.87. The van der Waals surface area contributed by atoms with Crippen LogP contribution in [-0.2, 0) is 13.0 Å². The molecular formula is C12H17ClO2. The molecule has 84 valence electrons. The van der Waals surface area contributed by atoms with Crippen LogP contribution in [0.25, 0.3) is 0 Å². The molecule has 1 N–H and O–H groups in total. The fourth-order valence-electron chi connectivity index (χ4n) is 1.41. The molecule has 1 aromatic rings. The third-order valence-electron chi connectivity index (χ3n) is 1.98. The third-order valence-corrected chi connectivity index (χ3v) is 2.26. The normalized spacial score (nSPS) is 12.5. The molecule has 0 spiro atoms. The smallest absolute Gasteiger partial charge is 0.141 e. The van der Waals surface area contributed by atoms with Crippen molar-refractivity contribution in [3.63, 3.8) is 0 Å². The van der Waals surface area contributed by atoms with Crippen molar-refractivity contribution in [1.82, 2.24) is 0 Å². The molecule has 0 radical (unpaired) electrons. The number of halogens is 1. The highest BCUT2D eigenvalue weighted by Crippen LogP contribution is 2.34. The van der Waals surface area contributed by atoms with Gasteiger partial charge in [-0.05, 0) is 23.3 Å². The minimum Gasteiger partial charge on any atom is -0.491 e. The van der Waals surface area contributed by atoms with Gasteiger partial charge in [0.05, 0.1) is 18.2 Å². The van der Waals surface area contributed by atoms with E-state index in [9.17, 15) is 0 Å². The van der Waals surface area contributed by atoms with Gasteiger partial charge in [0, 0.05) is 6.42 Å². The van der Waals surface area contributed by atoms with E-state index in [0.29, 0.717) is 11.6 Å². The minimum absolute atomic E-state index is 0.0347. The zero-order valence-electron chi connectivity index (χ0n) is 9.22. The van der Waals surface area contributed by atoms with E-state index in [-0.39, 0.29) is 6.61 Å². The highest BCUT2D eigenvalue weighted by Gasteiger charge is 2.16. The quantitative estimate of drug-likeness (QED) is 0.800. The van der Waals surface area contributed by atoms with Gasteiger partial charge in [0.2, 0.25) is 0 Å². The fourth-order valence-corrected chi connectivity index (χ4v) is 1.73. The van der Waals surface area contributed by atoms with Gasteiger partial charge in [-0.15, -0.1) is 0 Å². The average Bonchev–Trinajstić information content (AvgIpc) is 2.67. The largest absolute Gasteiger partial charge is 0.491 e. The fraction of sp³-hybridized carbons (Fsp3) is 0.500. The van der Waals surface area contributed by atoms with E-state index < -0.39 is 0 Å². The molecule has 1 aromatic carbocycles. The second-order valence-electron chi connectivity index (χ2n) is 3.53. The summed E-state index contributed by atoms with van der Waals surface area (Å²) in [4.78, 5) is 0. The van der Waals surface area contributed by atoms with E-state index in [1.54, 1.807) is 6.07 Å². The molecule has 0 fully saturated rings. The molecule has 0 aromatic heterocycles. The number of aliphatic hydroxyl groups is 1. The molecule has 1 heterocycles. The van der Waals surface area contributed by atoms with Crippen molar-refractivity contribution < 1.29 is 9.84 Å². The van der Waals surface area contributed by atoms with E-state index in [0.717, 1.165) is 23.3 Å². The molecule has 15 heavy (non-hydrogen) atoms. The summed E-state index contributed by atoms with van der Waals surface area (Å²) in [5.41, 5.74) is 1.95. The van der Waals surface area contributed by atoms with Gasteiger partial charge in [0.25, 0.3) is 0 Å². The van der Waals surface area contributed by atoms with Gasteiger partial charge in [-0.3, -0.25) is 0 Å². The number of ether oxygens (including phenoxy) is 1. The van der Waals surface area contributed by atoms with Gasteiger partial charge in [0.1, 0.15) is 5.75 Å². The van der Waals surface area contributed by atoms with Gasteiger partial charge in [0.15, 0.2) is 0 Å². The molecule has 0 bridgehead atoms. The van der Waals surface area contributed by atoms with Crippen LogP contribution in [0.15, 0.2) is 12.1 Å². The monoisotopic (exact) mass is 228 g/mol. The van der Waals surface area contributed by atoms with Crippen LogP contribution in [0.5, 0.6) is 5.75 Å². The van der Waals surface area contributed by atoms with E-state index in [2.05, 4.69) is 13.8 Å². The maximum atomic E-state index is 8.89. The van der Waals surface area contributed by atoms with Crippen molar-refractivity contribution in [3.05, 3.63) is 28.3 Å². The van der Waals surface area contributed by atoms with Crippen LogP contribution in [0.2, 0.25) is 5.02 Å². The predicted octanol–water partition coefficient (Wildman–Crippen LogP) is 3.18. The number of aliphatic hydroxyl groups excluding tert-OH is 1. The Morgan fingerprint density at radius 1 is 1.40 bits per heavy atom. The molecule has 0 atom stereocenters. The summed E-state index contributed by atoms with van der Waals surface area (Å²) in [7, 11) is 0. The second-order valence-corrected chi connectivity index (χ2v) is 3.94. The Hall–Kier alpha value is -0.730. The molecule has 3 heteroatoms. The van der Waals surface area contributed by atoms with E-state index >= 15 is 0 Å². The van der Waals surface area contributed by atoms with E-state index in [4.69, 9.17) is 21.4 Å². The lowest BCUT2D eigenvalue weighted by molar-refractivity contribution is 0.281. The minimum atomic E-state index is 0.0347. The molecule has 1 aliphatic heterocycles. The van der Waals surface area contributed by atoms with Crippen LogP contribution >= 0.6 is 11.6 Å². The van der Waals surface area contributed by atoms with Gasteiger partial charge in [-0.2, -0.15) is 0 Å². The average molecular weight is 229 g/mol. The van der Waals surface area contributed by atoms with Crippen molar-refractivity contribution in [2.45, 2.75) is 33.3 Å². The van der Waals surface area contributed by atoms with Crippen LogP contribution in [0.3, 0.4) is 0 Å². The first kappa shape index (κ1) is 12.3. The van der Waals surface area contributed by atoms with E-state index in [1.807, 2.05) is 6.07 Å². The van der Waals surface area contributed by atoms with Gasteiger partial charge in [-0.1, -0.05) is 31.9 Å². The highest BCUT2D eigenvalue weighted by molar-refractivity contribution is 6.32. The van der Waals surface area contributed by atoms with Gasteiger partial charge in [-0.25, -0.2) is 0 Å². The lowest BCUT2D eigenvalue weighted by atomic mass is 10.1. The number of hydrogen-bond donors (Lipinski definition) is 1. The Balaban J connectivity index is 0.000000337. The summed E-state index contributed by atoms with van der Waals surface area (Å²) in [5, 5.41) is 9.50. The zero-order valence-corrected chi connectivity index (χ0v) is 9.97. The first-order valence-electron chi connectivity index (χ1n) is 5.27. The van der Waals surface area contributed by atoms with E-state index in [1.165, 1.54) is 6.42 Å². The summed E-state index contributed by atoms with van der Waals surface area (Å²) in [6.07, 6.45) is 2.14. The highest BCUT2D eigenvalue weighted by atomic mass is 35.5. The SMILES string of the molecule is CCC.OCc1cc(Cl)c2c(c1)CCO2. The standard InChI is InChI=1S/C9H9ClO2.C3H8/c10-8-4-6(5-11)3-7-1-2-12-9(7)8;1-3-2/h3-4,11H,1-2,5H2;3H2,1-2H3. The number of hydrogen-bond acceptors (Lipinski definition) is 2. The molecule has 1 aliphatic rings. The van der Waals surface area contributed by atoms with Crippen LogP contribution in [0.4, 0.5) is 0 Å². The lowest BCUT2D eigenvalue weighted by Gasteiger charge is -2.03. The topological polar surface area (TPSA) is 29.5 Å². The van der Waals surface area contributed by atoms with Crippen LogP contribution < -0.4 is 4.74 Å². The summed E-state index contributed by atoms with van der Waals surface area (Å²) in [6.45, 7) is 4.98. The van der Waals surface area contributed by atoms with Crippen molar-refractivity contribution in [3.8, 4) is 5.75 Å². The first-order valence-corrected chi connectivity index (χ1v) is 5.65. The van der Waals surface area contributed by atoms with Crippen LogP contribution in [0, 0.1) is 0 Å². The summed E-state index contributed by atoms with van der Waals surface area (Å²) >= 11 is 5.92. The first-order chi connectivity index (χ1) is 7.22. The van der Waals surface area contributed by atoms with Crippen molar-refractivity contribution >= 4 is 11.6 Å². The maximum absolute atomic E-state index is 8.89. The second kappa shape index (κ2) is 5.99.